The first-order valence-electron chi connectivity index (χ1n) is 5.48. The average molecular weight is 305 g/mol. The number of rotatable bonds is 7. The summed E-state index contributed by atoms with van der Waals surface area (Å²) in [4.78, 5) is 44.8. The summed E-state index contributed by atoms with van der Waals surface area (Å²) in [5.74, 6) is -8.37. The fraction of sp³-hybridized carbons (Fsp3) is 0.500. The molecule has 2 unspecified atom stereocenters. The van der Waals surface area contributed by atoms with E-state index in [0.717, 1.165) is 4.90 Å². The van der Waals surface area contributed by atoms with Crippen LogP contribution >= 0.6 is 0 Å². The van der Waals surface area contributed by atoms with Gasteiger partial charge in [0.05, 0.1) is 6.42 Å². The number of esters is 2. The van der Waals surface area contributed by atoms with E-state index in [0.29, 0.717) is 0 Å². The monoisotopic (exact) mass is 305 g/mol. The maximum absolute atomic E-state index is 11.3. The maximum Gasteiger partial charge on any atom is 0.333 e. The maximum atomic E-state index is 11.3. The smallest absolute Gasteiger partial charge is 0.333 e. The van der Waals surface area contributed by atoms with Crippen molar-refractivity contribution in [3.63, 3.8) is 0 Å². The van der Waals surface area contributed by atoms with E-state index in [9.17, 15) is 19.2 Å². The van der Waals surface area contributed by atoms with Crippen molar-refractivity contribution >= 4 is 29.8 Å². The minimum absolute atomic E-state index is 0.455. The molecule has 0 aromatic rings. The quantitative estimate of drug-likeness (QED) is 0.144. The van der Waals surface area contributed by atoms with E-state index in [-0.39, 0.29) is 0 Å². The lowest BCUT2D eigenvalue weighted by atomic mass is 9.99. The molecule has 2 atom stereocenters. The van der Waals surface area contributed by atoms with Crippen LogP contribution in [0.3, 0.4) is 0 Å². The van der Waals surface area contributed by atoms with E-state index in [2.05, 4.69) is 4.74 Å². The second-order valence-electron chi connectivity index (χ2n) is 4.02. The molecule has 0 amide bonds. The number of aliphatic carboxylic acids is 2. The number of carbonyl (C=O) groups excluding carboxylic acids is 2. The molecule has 0 heterocycles. The van der Waals surface area contributed by atoms with E-state index in [1.54, 1.807) is 0 Å². The Hall–Kier alpha value is -2.69. The number of ether oxygens (including phenoxy) is 1. The van der Waals surface area contributed by atoms with Crippen molar-refractivity contribution in [3.05, 3.63) is 0 Å². The lowest BCUT2D eigenvalue weighted by Gasteiger charge is -2.16. The van der Waals surface area contributed by atoms with Gasteiger partial charge in [0.1, 0.15) is 12.5 Å². The number of carboxylic acid groups (broad SMARTS) is 2. The van der Waals surface area contributed by atoms with Crippen LogP contribution in [0, 0.1) is 11.3 Å². The summed E-state index contributed by atoms with van der Waals surface area (Å²) in [7, 11) is 1.28. The van der Waals surface area contributed by atoms with Crippen LogP contribution in [0.4, 0.5) is 0 Å². The van der Waals surface area contributed by atoms with Gasteiger partial charge in [-0.15, -0.1) is 0 Å². The molecule has 118 valence electrons. The molecule has 11 heteroatoms. The Labute approximate surface area is 118 Å². The fourth-order valence-electron chi connectivity index (χ4n) is 1.17. The predicted octanol–water partition coefficient (Wildman–Crippen LogP) is -2.58. The number of nitrogens with zero attached hydrogens (tertiary/aromatic N) is 1. The zero-order chi connectivity index (χ0) is 16.7. The van der Waals surface area contributed by atoms with Crippen molar-refractivity contribution in [1.29, 1.82) is 5.41 Å². The van der Waals surface area contributed by atoms with E-state index in [1.807, 2.05) is 0 Å². The van der Waals surface area contributed by atoms with Crippen LogP contribution in [0.15, 0.2) is 0 Å². The Bertz CT molecular complexity index is 463. The molecule has 0 aromatic carbocycles. The van der Waals surface area contributed by atoms with Gasteiger partial charge in [0.15, 0.2) is 12.1 Å². The fourth-order valence-corrected chi connectivity index (χ4v) is 1.17. The summed E-state index contributed by atoms with van der Waals surface area (Å²) in [5.41, 5.74) is 5.05. The minimum Gasteiger partial charge on any atom is -0.481 e. The first-order valence-corrected chi connectivity index (χ1v) is 5.48. The Morgan fingerprint density at radius 1 is 1.19 bits per heavy atom. The summed E-state index contributed by atoms with van der Waals surface area (Å²) >= 11 is 0. The SMILES string of the molecule is CN(CC(=O)OC(=O)CC(C(=O)O)C(O)C(=O)O)C(=N)N. The third kappa shape index (κ3) is 6.33. The van der Waals surface area contributed by atoms with Crippen LogP contribution in [-0.2, 0) is 23.9 Å². The standard InChI is InChI=1S/C10H15N3O8/c1-13(10(11)12)3-6(15)21-5(14)2-4(8(17)18)7(16)9(19)20/h4,7,16H,2-3H2,1H3,(H3,11,12)(H,17,18)(H,19,20). The molecule has 0 aromatic heterocycles. The summed E-state index contributed by atoms with van der Waals surface area (Å²) < 4.78 is 4.24. The van der Waals surface area contributed by atoms with Gasteiger partial charge in [-0.1, -0.05) is 0 Å². The van der Waals surface area contributed by atoms with Crippen molar-refractivity contribution in [2.75, 3.05) is 13.6 Å². The van der Waals surface area contributed by atoms with Gasteiger partial charge in [0.2, 0.25) is 0 Å². The first-order chi connectivity index (χ1) is 9.56. The van der Waals surface area contributed by atoms with E-state index < -0.39 is 54.8 Å². The molecule has 0 aliphatic carbocycles. The summed E-state index contributed by atoms with van der Waals surface area (Å²) in [6.07, 6.45) is -3.32. The van der Waals surface area contributed by atoms with Gasteiger partial charge in [0, 0.05) is 7.05 Å². The van der Waals surface area contributed by atoms with Crippen LogP contribution in [0.25, 0.3) is 0 Å². The van der Waals surface area contributed by atoms with Gasteiger partial charge in [-0.3, -0.25) is 15.0 Å². The second kappa shape index (κ2) is 7.79. The van der Waals surface area contributed by atoms with Crippen molar-refractivity contribution in [2.45, 2.75) is 12.5 Å². The highest BCUT2D eigenvalue weighted by atomic mass is 16.6. The molecule has 6 N–H and O–H groups in total. The number of likely N-dealkylation sites (N-methyl/N-ethyl adjacent to an activating group) is 1. The van der Waals surface area contributed by atoms with Crippen molar-refractivity contribution in [2.24, 2.45) is 11.7 Å². The Kier molecular flexibility index (Phi) is 6.79. The van der Waals surface area contributed by atoms with Gasteiger partial charge in [-0.2, -0.15) is 0 Å². The van der Waals surface area contributed by atoms with Gasteiger partial charge >= 0.3 is 23.9 Å². The number of carbonyl (C=O) groups is 4. The third-order valence-corrected chi connectivity index (χ3v) is 2.34. The highest BCUT2D eigenvalue weighted by Crippen LogP contribution is 2.11. The summed E-state index contributed by atoms with van der Waals surface area (Å²) in [6, 6.07) is 0. The Morgan fingerprint density at radius 3 is 2.10 bits per heavy atom. The molecule has 0 saturated heterocycles. The highest BCUT2D eigenvalue weighted by molar-refractivity contribution is 5.91. The van der Waals surface area contributed by atoms with Gasteiger partial charge in [-0.25, -0.2) is 9.59 Å². The largest absolute Gasteiger partial charge is 0.481 e. The molecule has 0 rings (SSSR count). The Balaban J connectivity index is 4.58. The number of guanidine groups is 1. The number of aliphatic hydroxyl groups is 1. The van der Waals surface area contributed by atoms with Crippen molar-refractivity contribution < 1.29 is 39.2 Å². The molecular weight excluding hydrogens is 290 g/mol. The molecule has 0 spiro atoms. The van der Waals surface area contributed by atoms with Gasteiger partial charge in [0.25, 0.3) is 0 Å². The van der Waals surface area contributed by atoms with Gasteiger partial charge in [-0.05, 0) is 0 Å². The topological polar surface area (TPSA) is 191 Å². The predicted molar refractivity (Wildman–Crippen MR) is 65.0 cm³/mol. The van der Waals surface area contributed by atoms with Crippen LogP contribution in [-0.4, -0.2) is 69.8 Å². The van der Waals surface area contributed by atoms with E-state index >= 15 is 0 Å². The van der Waals surface area contributed by atoms with Crippen LogP contribution < -0.4 is 5.73 Å². The zero-order valence-corrected chi connectivity index (χ0v) is 11.0. The number of carboxylic acids is 2. The first kappa shape index (κ1) is 18.3. The average Bonchev–Trinajstić information content (AvgIpc) is 2.33. The van der Waals surface area contributed by atoms with Crippen molar-refractivity contribution in [3.8, 4) is 0 Å². The number of nitrogens with two attached hydrogens (primary N) is 1. The molecule has 0 bridgehead atoms. The molecule has 11 nitrogen and oxygen atoms in total. The lowest BCUT2D eigenvalue weighted by molar-refractivity contribution is -0.167. The molecule has 0 radical (unpaired) electrons. The highest BCUT2D eigenvalue weighted by Gasteiger charge is 2.35. The molecule has 0 aliphatic heterocycles. The molecule has 0 aliphatic rings. The zero-order valence-electron chi connectivity index (χ0n) is 11.0. The number of hydrogen-bond acceptors (Lipinski definition) is 7. The number of aliphatic hydroxyl groups excluding tert-OH is 1. The number of nitrogens with one attached hydrogen (secondary N) is 1. The van der Waals surface area contributed by atoms with Gasteiger partial charge < -0.3 is 30.7 Å². The molecular formula is C10H15N3O8. The second-order valence-corrected chi connectivity index (χ2v) is 4.02. The minimum atomic E-state index is -2.31. The third-order valence-electron chi connectivity index (χ3n) is 2.34. The van der Waals surface area contributed by atoms with E-state index in [1.165, 1.54) is 7.05 Å². The normalized spacial score (nSPS) is 12.9. The Morgan fingerprint density at radius 2 is 1.71 bits per heavy atom. The van der Waals surface area contributed by atoms with E-state index in [4.69, 9.17) is 26.5 Å². The molecule has 0 fully saturated rings. The lowest BCUT2D eigenvalue weighted by Crippen LogP contribution is -2.39. The summed E-state index contributed by atoms with van der Waals surface area (Å²) in [5, 5.41) is 33.3. The van der Waals surface area contributed by atoms with Crippen LogP contribution in [0.2, 0.25) is 0 Å². The van der Waals surface area contributed by atoms with Crippen LogP contribution in [0.1, 0.15) is 6.42 Å². The van der Waals surface area contributed by atoms with Crippen molar-refractivity contribution in [1.82, 2.24) is 4.90 Å². The van der Waals surface area contributed by atoms with Crippen LogP contribution in [0.5, 0.6) is 0 Å². The summed E-state index contributed by atoms with van der Waals surface area (Å²) in [6.45, 7) is -0.527. The molecule has 21 heavy (non-hydrogen) atoms. The number of hydrogen-bond donors (Lipinski definition) is 5. The molecule has 0 saturated carbocycles.